The normalized spacial score (nSPS) is 11.9. The van der Waals surface area contributed by atoms with E-state index in [0.717, 1.165) is 0 Å². The van der Waals surface area contributed by atoms with E-state index in [-0.39, 0.29) is 0 Å². The Morgan fingerprint density at radius 3 is 1.60 bits per heavy atom. The molecule has 1 rings (SSSR count). The number of rotatable bonds is 10. The number of hydrogen-bond acceptors (Lipinski definition) is 0. The van der Waals surface area contributed by atoms with Gasteiger partial charge in [0.1, 0.15) is 0 Å². The van der Waals surface area contributed by atoms with Crippen molar-refractivity contribution in [1.82, 2.24) is 0 Å². The first-order valence-corrected chi connectivity index (χ1v) is 12.3. The largest absolute Gasteiger partial charge is 0.0776 e. The Hall–Kier alpha value is -0.0500. The fourth-order valence-corrected chi connectivity index (χ4v) is 11.1. The fraction of sp³-hybridized carbons (Fsp3) is 0.667. The van der Waals surface area contributed by atoms with Crippen LogP contribution in [0.2, 0.25) is 0 Å². The molecule has 1 aromatic rings. The van der Waals surface area contributed by atoms with Gasteiger partial charge in [-0.2, -0.15) is 0 Å². The Morgan fingerprint density at radius 1 is 0.750 bits per heavy atom. The second-order valence-electron chi connectivity index (χ2n) is 5.76. The lowest BCUT2D eigenvalue weighted by atomic mass is 10.4. The summed E-state index contributed by atoms with van der Waals surface area (Å²) in [6.45, 7) is 6.23. The van der Waals surface area contributed by atoms with Gasteiger partial charge in [0.05, 0.1) is 0 Å². The number of unbranched alkanes of at least 4 members (excludes halogenated alkanes) is 3. The third-order valence-electron chi connectivity index (χ3n) is 3.87. The second kappa shape index (κ2) is 10.6. The molecule has 0 saturated heterocycles. The molecule has 0 aliphatic heterocycles. The van der Waals surface area contributed by atoms with Crippen LogP contribution >= 0.6 is 14.4 Å². The second-order valence-corrected chi connectivity index (χ2v) is 13.2. The van der Waals surface area contributed by atoms with Gasteiger partial charge in [0, 0.05) is 5.30 Å². The van der Waals surface area contributed by atoms with Crippen LogP contribution in [0.3, 0.4) is 0 Å². The van der Waals surface area contributed by atoms with Crippen molar-refractivity contribution >= 4 is 19.7 Å². The van der Waals surface area contributed by atoms with Crippen molar-refractivity contribution in [3.8, 4) is 0 Å². The van der Waals surface area contributed by atoms with E-state index in [4.69, 9.17) is 0 Å². The zero-order valence-electron chi connectivity index (χ0n) is 13.6. The van der Waals surface area contributed by atoms with Crippen molar-refractivity contribution in [2.75, 3.05) is 18.5 Å². The lowest BCUT2D eigenvalue weighted by Crippen LogP contribution is -2.02. The molecule has 0 aliphatic carbocycles. The molecular formula is C18H32P2. The van der Waals surface area contributed by atoms with Crippen molar-refractivity contribution in [2.24, 2.45) is 0 Å². The maximum atomic E-state index is 2.34. The molecule has 0 nitrogen and oxygen atoms in total. The molecule has 0 fully saturated rings. The maximum absolute atomic E-state index is 2.34. The van der Waals surface area contributed by atoms with E-state index < -0.39 is 6.55 Å². The third-order valence-corrected chi connectivity index (χ3v) is 12.0. The monoisotopic (exact) mass is 310 g/mol. The number of benzene rings is 1. The smallest absolute Gasteiger partial charge is 0.00159 e. The van der Waals surface area contributed by atoms with Crippen LogP contribution in [0.4, 0.5) is 0 Å². The van der Waals surface area contributed by atoms with Gasteiger partial charge in [-0.3, -0.25) is 0 Å². The predicted octanol–water partition coefficient (Wildman–Crippen LogP) is 6.59. The minimum atomic E-state index is -0.795. The molecule has 0 aliphatic rings. The lowest BCUT2D eigenvalue weighted by Gasteiger charge is -2.26. The first-order chi connectivity index (χ1) is 9.76. The topological polar surface area (TPSA) is 0 Å². The Labute approximate surface area is 128 Å². The van der Waals surface area contributed by atoms with E-state index in [1.807, 2.05) is 0 Å². The third kappa shape index (κ3) is 6.60. The minimum Gasteiger partial charge on any atom is -0.0776 e. The Morgan fingerprint density at radius 2 is 1.20 bits per heavy atom. The highest BCUT2D eigenvalue weighted by molar-refractivity contribution is 8.07. The van der Waals surface area contributed by atoms with Gasteiger partial charge >= 0.3 is 0 Å². The summed E-state index contributed by atoms with van der Waals surface area (Å²) in [5.41, 5.74) is 0. The van der Waals surface area contributed by atoms with E-state index in [2.05, 4.69) is 51.1 Å². The molecule has 0 aromatic heterocycles. The molecule has 0 radical (unpaired) electrons. The van der Waals surface area contributed by atoms with Crippen LogP contribution in [-0.4, -0.2) is 18.5 Å². The minimum absolute atomic E-state index is 0.795. The molecule has 0 bridgehead atoms. The highest BCUT2D eigenvalue weighted by atomic mass is 31.8. The van der Waals surface area contributed by atoms with Crippen LogP contribution in [0.1, 0.15) is 59.3 Å². The van der Waals surface area contributed by atoms with Crippen LogP contribution in [-0.2, 0) is 0 Å². The van der Waals surface area contributed by atoms with Gasteiger partial charge in [0.2, 0.25) is 0 Å². The van der Waals surface area contributed by atoms with Crippen molar-refractivity contribution in [3.63, 3.8) is 0 Å². The summed E-state index contributed by atoms with van der Waals surface area (Å²) in [6.07, 6.45) is 12.9. The molecule has 20 heavy (non-hydrogen) atoms. The summed E-state index contributed by atoms with van der Waals surface area (Å²) in [5, 5.41) is 1.56. The quantitative estimate of drug-likeness (QED) is 0.427. The van der Waals surface area contributed by atoms with Crippen LogP contribution in [0.15, 0.2) is 30.3 Å². The summed E-state index contributed by atoms with van der Waals surface area (Å²) < 4.78 is 0. The van der Waals surface area contributed by atoms with Gasteiger partial charge in [0.15, 0.2) is 0 Å². The van der Waals surface area contributed by atoms with Crippen LogP contribution in [0.25, 0.3) is 0 Å². The Balaban J connectivity index is 3.01. The Kier molecular flexibility index (Phi) is 9.58. The molecule has 2 heteroatoms. The molecule has 0 amide bonds. The molecule has 0 saturated carbocycles. The molecule has 0 N–H and O–H groups in total. The summed E-state index contributed by atoms with van der Waals surface area (Å²) in [5.74, 6) is 0. The average Bonchev–Trinajstić information content (AvgIpc) is 2.49. The van der Waals surface area contributed by atoms with Gasteiger partial charge in [-0.05, 0) is 37.7 Å². The van der Waals surface area contributed by atoms with Crippen molar-refractivity contribution in [1.29, 1.82) is 0 Å². The van der Waals surface area contributed by atoms with Crippen molar-refractivity contribution in [3.05, 3.63) is 30.3 Å². The summed E-state index contributed by atoms with van der Waals surface area (Å²) in [7, 11) is 1.69. The van der Waals surface area contributed by atoms with E-state index in [0.29, 0.717) is 0 Å². The van der Waals surface area contributed by atoms with E-state index in [1.165, 1.54) is 57.0 Å². The highest BCUT2D eigenvalue weighted by Gasteiger charge is 2.17. The van der Waals surface area contributed by atoms with Gasteiger partial charge in [-0.1, -0.05) is 84.8 Å². The predicted molar refractivity (Wildman–Crippen MR) is 99.2 cm³/mol. The zero-order chi connectivity index (χ0) is 14.7. The van der Waals surface area contributed by atoms with Crippen molar-refractivity contribution < 1.29 is 0 Å². The molecule has 0 heterocycles. The average molecular weight is 310 g/mol. The van der Waals surface area contributed by atoms with Gasteiger partial charge in [-0.15, -0.1) is 0 Å². The van der Waals surface area contributed by atoms with Crippen molar-refractivity contribution in [2.45, 2.75) is 59.3 Å². The lowest BCUT2D eigenvalue weighted by molar-refractivity contribution is 0.845. The van der Waals surface area contributed by atoms with Crippen LogP contribution in [0, 0.1) is 0 Å². The van der Waals surface area contributed by atoms with Gasteiger partial charge in [-0.25, -0.2) is 0 Å². The first kappa shape index (κ1) is 18.0. The molecular weight excluding hydrogens is 278 g/mol. The maximum Gasteiger partial charge on any atom is 0.00159 e. The molecule has 114 valence electrons. The summed E-state index contributed by atoms with van der Waals surface area (Å²) in [6, 6.07) is 11.2. The van der Waals surface area contributed by atoms with E-state index in [9.17, 15) is 0 Å². The molecule has 0 atom stereocenters. The standard InChI is InChI=1S/C18H32P2/c1-4-7-15-20(16-8-5-2,17-9-6-3)19-18-13-11-10-12-14-18/h10-14H,4-9,15-17H2,1-3H3. The molecule has 0 spiro atoms. The van der Waals surface area contributed by atoms with Crippen LogP contribution in [0.5, 0.6) is 0 Å². The molecule has 1 aromatic carbocycles. The van der Waals surface area contributed by atoms with Gasteiger partial charge in [0.25, 0.3) is 0 Å². The highest BCUT2D eigenvalue weighted by Crippen LogP contribution is 2.58. The Bertz CT molecular complexity index is 367. The summed E-state index contributed by atoms with van der Waals surface area (Å²) in [4.78, 5) is 0. The fourth-order valence-electron chi connectivity index (χ4n) is 2.58. The SMILES string of the molecule is CCCCP(CCCC)(CCCC)=Pc1ccccc1. The van der Waals surface area contributed by atoms with Crippen LogP contribution < -0.4 is 5.30 Å². The number of hydrogen-bond donors (Lipinski definition) is 0. The summed E-state index contributed by atoms with van der Waals surface area (Å²) >= 11 is 0. The van der Waals surface area contributed by atoms with E-state index in [1.54, 1.807) is 13.2 Å². The van der Waals surface area contributed by atoms with E-state index >= 15 is 0 Å². The van der Waals surface area contributed by atoms with Gasteiger partial charge < -0.3 is 0 Å². The zero-order valence-corrected chi connectivity index (χ0v) is 15.4. The first-order valence-electron chi connectivity index (χ1n) is 8.40. The molecule has 0 unspecified atom stereocenters.